The van der Waals surface area contributed by atoms with Gasteiger partial charge < -0.3 is 10.6 Å². The van der Waals surface area contributed by atoms with Crippen molar-refractivity contribution in [2.75, 3.05) is 45.8 Å². The van der Waals surface area contributed by atoms with Crippen molar-refractivity contribution in [1.29, 1.82) is 0 Å². The van der Waals surface area contributed by atoms with Crippen molar-refractivity contribution in [3.8, 4) is 0 Å². The molecule has 2 saturated heterocycles. The first kappa shape index (κ1) is 13.3. The molecule has 0 unspecified atom stereocenters. The molecule has 0 aromatic carbocycles. The van der Waals surface area contributed by atoms with Crippen molar-refractivity contribution in [2.45, 2.75) is 37.8 Å². The molecule has 19 heavy (non-hydrogen) atoms. The molecular weight excluding hydrogens is 240 g/mol. The summed E-state index contributed by atoms with van der Waals surface area (Å²) in [6.45, 7) is 7.17. The van der Waals surface area contributed by atoms with Crippen LogP contribution in [-0.2, 0) is 4.79 Å². The maximum Gasteiger partial charge on any atom is 0.234 e. The fraction of sp³-hybridized carbons (Fsp3) is 0.929. The monoisotopic (exact) mass is 266 g/mol. The van der Waals surface area contributed by atoms with Crippen molar-refractivity contribution in [1.82, 2.24) is 20.4 Å². The molecule has 0 bridgehead atoms. The lowest BCUT2D eigenvalue weighted by Crippen LogP contribution is -2.62. The molecule has 0 atom stereocenters. The summed E-state index contributed by atoms with van der Waals surface area (Å²) in [5.41, 5.74) is 0. The predicted octanol–water partition coefficient (Wildman–Crippen LogP) is -0.365. The summed E-state index contributed by atoms with van der Waals surface area (Å²) in [6.07, 6.45) is 4.90. The van der Waals surface area contributed by atoms with Gasteiger partial charge in [-0.2, -0.15) is 0 Å². The third kappa shape index (κ3) is 3.46. The van der Waals surface area contributed by atoms with Crippen LogP contribution in [0, 0.1) is 0 Å². The van der Waals surface area contributed by atoms with Crippen molar-refractivity contribution in [3.63, 3.8) is 0 Å². The third-order valence-corrected chi connectivity index (χ3v) is 4.77. The van der Waals surface area contributed by atoms with E-state index in [1.807, 2.05) is 0 Å². The minimum atomic E-state index is 0.227. The van der Waals surface area contributed by atoms with Gasteiger partial charge in [-0.05, 0) is 12.8 Å². The van der Waals surface area contributed by atoms with Crippen LogP contribution in [0.3, 0.4) is 0 Å². The zero-order chi connectivity index (χ0) is 13.1. The first-order chi connectivity index (χ1) is 9.31. The summed E-state index contributed by atoms with van der Waals surface area (Å²) in [7, 11) is 0. The molecular formula is C14H26N4O. The fourth-order valence-corrected chi connectivity index (χ4v) is 3.36. The zero-order valence-electron chi connectivity index (χ0n) is 11.7. The Kier molecular flexibility index (Phi) is 4.35. The van der Waals surface area contributed by atoms with E-state index in [1.54, 1.807) is 0 Å². The van der Waals surface area contributed by atoms with Gasteiger partial charge in [0.1, 0.15) is 0 Å². The smallest absolute Gasteiger partial charge is 0.234 e. The summed E-state index contributed by atoms with van der Waals surface area (Å²) >= 11 is 0. The predicted molar refractivity (Wildman–Crippen MR) is 75.1 cm³/mol. The first-order valence-electron chi connectivity index (χ1n) is 7.78. The zero-order valence-corrected chi connectivity index (χ0v) is 11.7. The van der Waals surface area contributed by atoms with Gasteiger partial charge in [-0.1, -0.05) is 12.8 Å². The number of hydrogen-bond donors (Lipinski definition) is 2. The van der Waals surface area contributed by atoms with Crippen LogP contribution >= 0.6 is 0 Å². The molecule has 2 heterocycles. The number of carbonyl (C=O) groups excluding carboxylic acids is 1. The Balaban J connectivity index is 1.35. The number of nitrogens with zero attached hydrogens (tertiary/aromatic N) is 2. The number of carbonyl (C=O) groups is 1. The van der Waals surface area contributed by atoms with Gasteiger partial charge in [-0.25, -0.2) is 0 Å². The molecule has 0 spiro atoms. The maximum absolute atomic E-state index is 12.0. The summed E-state index contributed by atoms with van der Waals surface area (Å²) in [5, 5.41) is 6.50. The summed E-state index contributed by atoms with van der Waals surface area (Å²) in [6, 6.07) is 1.20. The highest BCUT2D eigenvalue weighted by atomic mass is 16.2. The van der Waals surface area contributed by atoms with Gasteiger partial charge >= 0.3 is 0 Å². The van der Waals surface area contributed by atoms with Crippen molar-refractivity contribution in [3.05, 3.63) is 0 Å². The highest BCUT2D eigenvalue weighted by molar-refractivity contribution is 5.78. The first-order valence-corrected chi connectivity index (χ1v) is 7.78. The lowest BCUT2D eigenvalue weighted by Gasteiger charge is -2.43. The Bertz CT molecular complexity index is 305. The second-order valence-electron chi connectivity index (χ2n) is 6.17. The van der Waals surface area contributed by atoms with Crippen LogP contribution in [0.4, 0.5) is 0 Å². The van der Waals surface area contributed by atoms with E-state index >= 15 is 0 Å². The molecule has 108 valence electrons. The van der Waals surface area contributed by atoms with Crippen molar-refractivity contribution in [2.24, 2.45) is 0 Å². The highest BCUT2D eigenvalue weighted by Gasteiger charge is 2.28. The van der Waals surface area contributed by atoms with E-state index < -0.39 is 0 Å². The van der Waals surface area contributed by atoms with E-state index in [0.29, 0.717) is 12.6 Å². The number of hydrogen-bond acceptors (Lipinski definition) is 4. The minimum Gasteiger partial charge on any atom is -0.352 e. The topological polar surface area (TPSA) is 47.6 Å². The van der Waals surface area contributed by atoms with E-state index in [1.165, 1.54) is 25.7 Å². The van der Waals surface area contributed by atoms with Gasteiger partial charge in [-0.3, -0.25) is 14.6 Å². The largest absolute Gasteiger partial charge is 0.352 e. The molecule has 0 aromatic heterocycles. The normalized spacial score (nSPS) is 27.4. The average Bonchev–Trinajstić information content (AvgIpc) is 2.82. The van der Waals surface area contributed by atoms with E-state index in [0.717, 1.165) is 45.3 Å². The van der Waals surface area contributed by atoms with Crippen LogP contribution in [0.15, 0.2) is 0 Å². The van der Waals surface area contributed by atoms with Gasteiger partial charge in [0.25, 0.3) is 0 Å². The van der Waals surface area contributed by atoms with E-state index in [4.69, 9.17) is 0 Å². The summed E-state index contributed by atoms with van der Waals surface area (Å²) in [5.74, 6) is 0.227. The Morgan fingerprint density at radius 3 is 2.37 bits per heavy atom. The molecule has 3 aliphatic rings. The maximum atomic E-state index is 12.0. The molecule has 2 N–H and O–H groups in total. The number of piperazine rings is 1. The standard InChI is InChI=1S/C14H26N4O/c19-14(16-12-3-1-2-4-12)11-17-5-7-18(8-6-17)13-9-15-10-13/h12-13,15H,1-11H2,(H,16,19). The molecule has 3 fully saturated rings. The van der Waals surface area contributed by atoms with Crippen LogP contribution < -0.4 is 10.6 Å². The fourth-order valence-electron chi connectivity index (χ4n) is 3.36. The third-order valence-electron chi connectivity index (χ3n) is 4.77. The van der Waals surface area contributed by atoms with Crippen LogP contribution in [-0.4, -0.2) is 73.6 Å². The van der Waals surface area contributed by atoms with E-state index in [2.05, 4.69) is 20.4 Å². The highest BCUT2D eigenvalue weighted by Crippen LogP contribution is 2.17. The Morgan fingerprint density at radius 1 is 1.11 bits per heavy atom. The molecule has 5 heteroatoms. The van der Waals surface area contributed by atoms with E-state index in [-0.39, 0.29) is 5.91 Å². The molecule has 3 rings (SSSR count). The molecule has 0 aromatic rings. The van der Waals surface area contributed by atoms with Gasteiger partial charge in [0.05, 0.1) is 6.54 Å². The van der Waals surface area contributed by atoms with Gasteiger partial charge in [0.2, 0.25) is 5.91 Å². The number of rotatable bonds is 4. The molecule has 1 aliphatic carbocycles. The second-order valence-corrected chi connectivity index (χ2v) is 6.17. The number of amides is 1. The lowest BCUT2D eigenvalue weighted by atomic mass is 10.1. The van der Waals surface area contributed by atoms with Gasteiger partial charge in [0.15, 0.2) is 0 Å². The summed E-state index contributed by atoms with van der Waals surface area (Å²) in [4.78, 5) is 16.8. The quantitative estimate of drug-likeness (QED) is 0.729. The SMILES string of the molecule is O=C(CN1CCN(C2CNC2)CC1)NC1CCCC1. The van der Waals surface area contributed by atoms with Crippen LogP contribution in [0.2, 0.25) is 0 Å². The molecule has 2 aliphatic heterocycles. The van der Waals surface area contributed by atoms with Gasteiger partial charge in [-0.15, -0.1) is 0 Å². The Labute approximate surface area is 115 Å². The van der Waals surface area contributed by atoms with Gasteiger partial charge in [0, 0.05) is 51.4 Å². The second kappa shape index (κ2) is 6.20. The molecule has 0 radical (unpaired) electrons. The Hall–Kier alpha value is -0.650. The molecule has 1 saturated carbocycles. The summed E-state index contributed by atoms with van der Waals surface area (Å²) < 4.78 is 0. The molecule has 1 amide bonds. The molecule has 5 nitrogen and oxygen atoms in total. The minimum absolute atomic E-state index is 0.227. The Morgan fingerprint density at radius 2 is 1.79 bits per heavy atom. The average molecular weight is 266 g/mol. The van der Waals surface area contributed by atoms with Crippen molar-refractivity contribution >= 4 is 5.91 Å². The van der Waals surface area contributed by atoms with Crippen LogP contribution in [0.1, 0.15) is 25.7 Å². The van der Waals surface area contributed by atoms with E-state index in [9.17, 15) is 4.79 Å². The lowest BCUT2D eigenvalue weighted by molar-refractivity contribution is -0.123. The van der Waals surface area contributed by atoms with Crippen molar-refractivity contribution < 1.29 is 4.79 Å². The number of nitrogens with one attached hydrogen (secondary N) is 2. The van der Waals surface area contributed by atoms with Crippen LogP contribution in [0.5, 0.6) is 0 Å². The van der Waals surface area contributed by atoms with Crippen LogP contribution in [0.25, 0.3) is 0 Å².